The molecule has 0 atom stereocenters. The summed E-state index contributed by atoms with van der Waals surface area (Å²) in [5.41, 5.74) is 2.47. The van der Waals surface area contributed by atoms with Gasteiger partial charge < -0.3 is 4.90 Å². The summed E-state index contributed by atoms with van der Waals surface area (Å²) >= 11 is 1.35. The standard InChI is InChI=1S/C11H9FN2OS/c1-14(9-4-2-3-8(12)5-9)11(15)10-6-16-7-13-10/h2-7H,1H3. The molecule has 82 valence electrons. The van der Waals surface area contributed by atoms with Crippen molar-refractivity contribution in [1.82, 2.24) is 4.98 Å². The van der Waals surface area contributed by atoms with Crippen molar-refractivity contribution in [2.75, 3.05) is 11.9 Å². The van der Waals surface area contributed by atoms with Crippen LogP contribution in [0.25, 0.3) is 0 Å². The molecule has 1 aromatic carbocycles. The molecule has 3 nitrogen and oxygen atoms in total. The topological polar surface area (TPSA) is 33.2 Å². The molecular weight excluding hydrogens is 227 g/mol. The summed E-state index contributed by atoms with van der Waals surface area (Å²) in [5, 5.41) is 1.66. The molecule has 0 N–H and O–H groups in total. The molecule has 0 radical (unpaired) electrons. The van der Waals surface area contributed by atoms with Gasteiger partial charge in [-0.3, -0.25) is 4.79 Å². The Morgan fingerprint density at radius 3 is 2.94 bits per heavy atom. The Bertz CT molecular complexity index is 498. The minimum atomic E-state index is -0.365. The molecule has 1 aromatic heterocycles. The first kappa shape index (κ1) is 10.8. The Kier molecular flexibility index (Phi) is 2.96. The minimum Gasteiger partial charge on any atom is -0.310 e. The van der Waals surface area contributed by atoms with Crippen LogP contribution in [0, 0.1) is 5.82 Å². The van der Waals surface area contributed by atoms with Crippen LogP contribution >= 0.6 is 11.3 Å². The molecule has 0 saturated carbocycles. The van der Waals surface area contributed by atoms with Gasteiger partial charge in [-0.1, -0.05) is 6.07 Å². The third-order valence-electron chi connectivity index (χ3n) is 2.15. The Morgan fingerprint density at radius 2 is 2.31 bits per heavy atom. The number of carbonyl (C=O) groups excluding carboxylic acids is 1. The second-order valence-electron chi connectivity index (χ2n) is 3.22. The lowest BCUT2D eigenvalue weighted by atomic mass is 10.2. The highest BCUT2D eigenvalue weighted by Crippen LogP contribution is 2.16. The van der Waals surface area contributed by atoms with Crippen LogP contribution in [0.5, 0.6) is 0 Å². The maximum absolute atomic E-state index is 13.0. The highest BCUT2D eigenvalue weighted by molar-refractivity contribution is 7.07. The number of hydrogen-bond acceptors (Lipinski definition) is 3. The summed E-state index contributed by atoms with van der Waals surface area (Å²) in [4.78, 5) is 17.2. The molecule has 16 heavy (non-hydrogen) atoms. The first-order valence-electron chi connectivity index (χ1n) is 4.60. The van der Waals surface area contributed by atoms with Gasteiger partial charge in [0.15, 0.2) is 0 Å². The van der Waals surface area contributed by atoms with Crippen molar-refractivity contribution in [2.24, 2.45) is 0 Å². The molecule has 5 heteroatoms. The van der Waals surface area contributed by atoms with Crippen molar-refractivity contribution in [2.45, 2.75) is 0 Å². The van der Waals surface area contributed by atoms with Crippen LogP contribution in [0.2, 0.25) is 0 Å². The monoisotopic (exact) mass is 236 g/mol. The van der Waals surface area contributed by atoms with Crippen LogP contribution in [-0.2, 0) is 0 Å². The molecule has 2 rings (SSSR count). The number of hydrogen-bond donors (Lipinski definition) is 0. The molecule has 0 bridgehead atoms. The van der Waals surface area contributed by atoms with Gasteiger partial charge in [0.05, 0.1) is 5.51 Å². The Morgan fingerprint density at radius 1 is 1.50 bits per heavy atom. The molecule has 1 heterocycles. The number of thiazole rings is 1. The van der Waals surface area contributed by atoms with Gasteiger partial charge in [0.2, 0.25) is 0 Å². The molecule has 0 spiro atoms. The lowest BCUT2D eigenvalue weighted by Crippen LogP contribution is -2.26. The zero-order valence-electron chi connectivity index (χ0n) is 8.55. The van der Waals surface area contributed by atoms with E-state index < -0.39 is 0 Å². The van der Waals surface area contributed by atoms with Crippen molar-refractivity contribution in [3.05, 3.63) is 46.7 Å². The summed E-state index contributed by atoms with van der Waals surface area (Å²) < 4.78 is 13.0. The summed E-state index contributed by atoms with van der Waals surface area (Å²) in [6, 6.07) is 5.89. The molecule has 0 aliphatic rings. The van der Waals surface area contributed by atoms with Crippen LogP contribution in [-0.4, -0.2) is 17.9 Å². The first-order valence-corrected chi connectivity index (χ1v) is 5.54. The second kappa shape index (κ2) is 4.40. The molecular formula is C11H9FN2OS. The number of carbonyl (C=O) groups is 1. The highest BCUT2D eigenvalue weighted by Gasteiger charge is 2.15. The first-order chi connectivity index (χ1) is 7.68. The average Bonchev–Trinajstić information content (AvgIpc) is 2.80. The molecule has 1 amide bonds. The normalized spacial score (nSPS) is 10.1. The van der Waals surface area contributed by atoms with Gasteiger partial charge >= 0.3 is 0 Å². The quantitative estimate of drug-likeness (QED) is 0.802. The van der Waals surface area contributed by atoms with E-state index in [1.165, 1.54) is 28.4 Å². The number of benzene rings is 1. The third kappa shape index (κ3) is 2.09. The van der Waals surface area contributed by atoms with Gasteiger partial charge in [-0.15, -0.1) is 11.3 Å². The van der Waals surface area contributed by atoms with Crippen molar-refractivity contribution in [3.8, 4) is 0 Å². The fourth-order valence-corrected chi connectivity index (χ4v) is 1.82. The van der Waals surface area contributed by atoms with E-state index in [-0.39, 0.29) is 11.7 Å². The second-order valence-corrected chi connectivity index (χ2v) is 3.94. The summed E-state index contributed by atoms with van der Waals surface area (Å²) in [5.74, 6) is -0.609. The molecule has 0 saturated heterocycles. The van der Waals surface area contributed by atoms with Crippen molar-refractivity contribution >= 4 is 22.9 Å². The largest absolute Gasteiger partial charge is 0.310 e. The van der Waals surface area contributed by atoms with Gasteiger partial charge in [-0.25, -0.2) is 9.37 Å². The highest BCUT2D eigenvalue weighted by atomic mass is 32.1. The summed E-state index contributed by atoms with van der Waals surface area (Å²) in [7, 11) is 1.59. The SMILES string of the molecule is CN(C(=O)c1cscn1)c1cccc(F)c1. The van der Waals surface area contributed by atoms with E-state index in [1.807, 2.05) is 0 Å². The predicted octanol–water partition coefficient (Wildman–Crippen LogP) is 2.56. The van der Waals surface area contributed by atoms with Gasteiger partial charge in [0, 0.05) is 18.1 Å². The zero-order chi connectivity index (χ0) is 11.5. The van der Waals surface area contributed by atoms with E-state index in [0.29, 0.717) is 11.4 Å². The molecule has 0 aliphatic heterocycles. The number of amides is 1. The van der Waals surface area contributed by atoms with Gasteiger partial charge in [0.1, 0.15) is 11.5 Å². The van der Waals surface area contributed by atoms with E-state index in [4.69, 9.17) is 0 Å². The smallest absolute Gasteiger partial charge is 0.277 e. The zero-order valence-corrected chi connectivity index (χ0v) is 9.37. The fourth-order valence-electron chi connectivity index (χ4n) is 1.29. The predicted molar refractivity (Wildman–Crippen MR) is 61.2 cm³/mol. The molecule has 0 fully saturated rings. The molecule has 0 aliphatic carbocycles. The summed E-state index contributed by atoms with van der Waals surface area (Å²) in [6.07, 6.45) is 0. The third-order valence-corrected chi connectivity index (χ3v) is 2.74. The van der Waals surface area contributed by atoms with E-state index in [2.05, 4.69) is 4.98 Å². The van der Waals surface area contributed by atoms with Crippen LogP contribution in [0.4, 0.5) is 10.1 Å². The Labute approximate surface area is 96.2 Å². The van der Waals surface area contributed by atoms with Gasteiger partial charge in [-0.2, -0.15) is 0 Å². The van der Waals surface area contributed by atoms with Crippen LogP contribution in [0.1, 0.15) is 10.5 Å². The Balaban J connectivity index is 2.26. The van der Waals surface area contributed by atoms with Gasteiger partial charge in [-0.05, 0) is 18.2 Å². The fraction of sp³-hybridized carbons (Fsp3) is 0.0909. The number of halogens is 1. The van der Waals surface area contributed by atoms with Crippen LogP contribution in [0.3, 0.4) is 0 Å². The summed E-state index contributed by atoms with van der Waals surface area (Å²) in [6.45, 7) is 0. The van der Waals surface area contributed by atoms with Crippen LogP contribution in [0.15, 0.2) is 35.2 Å². The van der Waals surface area contributed by atoms with Crippen molar-refractivity contribution < 1.29 is 9.18 Å². The van der Waals surface area contributed by atoms with E-state index in [9.17, 15) is 9.18 Å². The van der Waals surface area contributed by atoms with Crippen molar-refractivity contribution in [1.29, 1.82) is 0 Å². The lowest BCUT2D eigenvalue weighted by molar-refractivity contribution is 0.0989. The van der Waals surface area contributed by atoms with E-state index in [1.54, 1.807) is 30.1 Å². The lowest BCUT2D eigenvalue weighted by Gasteiger charge is -2.15. The molecule has 2 aromatic rings. The Hall–Kier alpha value is -1.75. The number of anilines is 1. The minimum absolute atomic E-state index is 0.244. The maximum atomic E-state index is 13.0. The number of nitrogens with zero attached hydrogens (tertiary/aromatic N) is 2. The van der Waals surface area contributed by atoms with E-state index in [0.717, 1.165) is 0 Å². The number of rotatable bonds is 2. The average molecular weight is 236 g/mol. The number of aromatic nitrogens is 1. The van der Waals surface area contributed by atoms with Crippen LogP contribution < -0.4 is 4.90 Å². The van der Waals surface area contributed by atoms with E-state index >= 15 is 0 Å². The van der Waals surface area contributed by atoms with Crippen molar-refractivity contribution in [3.63, 3.8) is 0 Å². The molecule has 0 unspecified atom stereocenters. The maximum Gasteiger partial charge on any atom is 0.277 e. The van der Waals surface area contributed by atoms with Gasteiger partial charge in [0.25, 0.3) is 5.91 Å².